The molecule has 1 aliphatic rings. The minimum atomic E-state index is -0.526. The van der Waals surface area contributed by atoms with E-state index in [1.807, 2.05) is 25.1 Å². The van der Waals surface area contributed by atoms with E-state index in [4.69, 9.17) is 5.73 Å². The zero-order valence-corrected chi connectivity index (χ0v) is 13.9. The predicted octanol–water partition coefficient (Wildman–Crippen LogP) is 3.41. The standard InChI is InChI=1S/C19H19N3O3/c1-13-3-2-4-15(11-13)14-7-9-21(10-8-14)19(23)17-12-16(22(24)25)5-6-18(17)20/h2-7,11-12H,8-10,20H2,1H3. The van der Waals surface area contributed by atoms with E-state index in [9.17, 15) is 14.9 Å². The number of benzene rings is 2. The van der Waals surface area contributed by atoms with E-state index in [1.54, 1.807) is 4.90 Å². The van der Waals surface area contributed by atoms with Crippen molar-refractivity contribution in [3.05, 3.63) is 75.3 Å². The number of aryl methyl sites for hydroxylation is 1. The number of hydrogen-bond donors (Lipinski definition) is 1. The first-order valence-electron chi connectivity index (χ1n) is 8.05. The highest BCUT2D eigenvalue weighted by molar-refractivity contribution is 6.00. The Kier molecular flexibility index (Phi) is 4.52. The number of nitrogens with zero attached hydrogens (tertiary/aromatic N) is 2. The van der Waals surface area contributed by atoms with Gasteiger partial charge < -0.3 is 10.6 Å². The summed E-state index contributed by atoms with van der Waals surface area (Å²) in [6.07, 6.45) is 2.77. The van der Waals surface area contributed by atoms with Crippen molar-refractivity contribution >= 4 is 22.9 Å². The fourth-order valence-corrected chi connectivity index (χ4v) is 2.97. The third-order valence-electron chi connectivity index (χ3n) is 4.36. The van der Waals surface area contributed by atoms with Gasteiger partial charge in [0.15, 0.2) is 0 Å². The van der Waals surface area contributed by atoms with Gasteiger partial charge in [0, 0.05) is 30.9 Å². The lowest BCUT2D eigenvalue weighted by molar-refractivity contribution is -0.384. The minimum Gasteiger partial charge on any atom is -0.398 e. The summed E-state index contributed by atoms with van der Waals surface area (Å²) in [6, 6.07) is 12.2. The Morgan fingerprint density at radius 1 is 1.24 bits per heavy atom. The molecule has 2 aromatic carbocycles. The van der Waals surface area contributed by atoms with Crippen LogP contribution in [0.1, 0.15) is 27.9 Å². The van der Waals surface area contributed by atoms with E-state index in [-0.39, 0.29) is 22.8 Å². The number of nitro benzene ring substituents is 1. The number of carbonyl (C=O) groups excluding carboxylic acids is 1. The molecule has 2 aromatic rings. The predicted molar refractivity (Wildman–Crippen MR) is 97.2 cm³/mol. The molecule has 6 nitrogen and oxygen atoms in total. The normalized spacial score (nSPS) is 14.1. The molecule has 0 saturated carbocycles. The molecule has 0 radical (unpaired) electrons. The van der Waals surface area contributed by atoms with E-state index >= 15 is 0 Å². The number of anilines is 1. The monoisotopic (exact) mass is 337 g/mol. The van der Waals surface area contributed by atoms with Crippen molar-refractivity contribution in [1.82, 2.24) is 4.90 Å². The second kappa shape index (κ2) is 6.76. The molecule has 25 heavy (non-hydrogen) atoms. The van der Waals surface area contributed by atoms with Gasteiger partial charge in [-0.3, -0.25) is 14.9 Å². The van der Waals surface area contributed by atoms with Crippen molar-refractivity contribution in [2.24, 2.45) is 0 Å². The van der Waals surface area contributed by atoms with Gasteiger partial charge in [-0.25, -0.2) is 0 Å². The highest BCUT2D eigenvalue weighted by Gasteiger charge is 2.23. The molecule has 0 bridgehead atoms. The van der Waals surface area contributed by atoms with Crippen molar-refractivity contribution in [3.8, 4) is 0 Å². The van der Waals surface area contributed by atoms with Crippen LogP contribution in [0.2, 0.25) is 0 Å². The Morgan fingerprint density at radius 2 is 2.04 bits per heavy atom. The highest BCUT2D eigenvalue weighted by atomic mass is 16.6. The Morgan fingerprint density at radius 3 is 2.68 bits per heavy atom. The number of carbonyl (C=O) groups is 1. The molecule has 1 heterocycles. The maximum Gasteiger partial charge on any atom is 0.270 e. The third-order valence-corrected chi connectivity index (χ3v) is 4.36. The van der Waals surface area contributed by atoms with Crippen molar-refractivity contribution in [3.63, 3.8) is 0 Å². The molecule has 0 aromatic heterocycles. The summed E-state index contributed by atoms with van der Waals surface area (Å²) >= 11 is 0. The van der Waals surface area contributed by atoms with Gasteiger partial charge in [0.25, 0.3) is 11.6 Å². The summed E-state index contributed by atoms with van der Waals surface area (Å²) in [7, 11) is 0. The Labute approximate surface area is 145 Å². The van der Waals surface area contributed by atoms with Crippen LogP contribution in [-0.2, 0) is 0 Å². The zero-order chi connectivity index (χ0) is 18.0. The largest absolute Gasteiger partial charge is 0.398 e. The van der Waals surface area contributed by atoms with Crippen LogP contribution in [0.15, 0.2) is 48.5 Å². The molecular weight excluding hydrogens is 318 g/mol. The molecule has 6 heteroatoms. The van der Waals surface area contributed by atoms with Crippen LogP contribution in [-0.4, -0.2) is 28.8 Å². The molecule has 0 spiro atoms. The van der Waals surface area contributed by atoms with Gasteiger partial charge in [-0.1, -0.05) is 35.9 Å². The first-order valence-corrected chi connectivity index (χ1v) is 8.05. The van der Waals surface area contributed by atoms with Gasteiger partial charge >= 0.3 is 0 Å². The fourth-order valence-electron chi connectivity index (χ4n) is 2.97. The summed E-state index contributed by atoms with van der Waals surface area (Å²) in [5.74, 6) is -0.277. The second-order valence-electron chi connectivity index (χ2n) is 6.13. The molecule has 2 N–H and O–H groups in total. The molecule has 0 atom stereocenters. The summed E-state index contributed by atoms with van der Waals surface area (Å²) in [6.45, 7) is 3.07. The Hall–Kier alpha value is -3.15. The van der Waals surface area contributed by atoms with Crippen LogP contribution >= 0.6 is 0 Å². The van der Waals surface area contributed by atoms with Crippen molar-refractivity contribution in [1.29, 1.82) is 0 Å². The van der Waals surface area contributed by atoms with Crippen LogP contribution in [0.5, 0.6) is 0 Å². The van der Waals surface area contributed by atoms with Gasteiger partial charge in [0.2, 0.25) is 0 Å². The molecule has 3 rings (SSSR count). The number of rotatable bonds is 3. The topological polar surface area (TPSA) is 89.5 Å². The number of nitro groups is 1. The van der Waals surface area contributed by atoms with E-state index in [1.165, 1.54) is 34.9 Å². The molecule has 0 saturated heterocycles. The maximum absolute atomic E-state index is 12.7. The second-order valence-corrected chi connectivity index (χ2v) is 6.13. The van der Waals surface area contributed by atoms with Gasteiger partial charge in [0.05, 0.1) is 10.5 Å². The van der Waals surface area contributed by atoms with Crippen LogP contribution in [0.25, 0.3) is 5.57 Å². The number of non-ortho nitro benzene ring substituents is 1. The van der Waals surface area contributed by atoms with Crippen LogP contribution in [0.4, 0.5) is 11.4 Å². The van der Waals surface area contributed by atoms with Gasteiger partial charge in [0.1, 0.15) is 0 Å². The minimum absolute atomic E-state index is 0.134. The lowest BCUT2D eigenvalue weighted by atomic mass is 9.97. The lowest BCUT2D eigenvalue weighted by Gasteiger charge is -2.27. The quantitative estimate of drug-likeness (QED) is 0.528. The molecule has 1 aliphatic heterocycles. The van der Waals surface area contributed by atoms with Crippen LogP contribution in [0, 0.1) is 17.0 Å². The summed E-state index contributed by atoms with van der Waals surface area (Å²) in [4.78, 5) is 24.7. The number of hydrogen-bond acceptors (Lipinski definition) is 4. The molecule has 0 aliphatic carbocycles. The third kappa shape index (κ3) is 3.52. The summed E-state index contributed by atoms with van der Waals surface area (Å²) in [5, 5.41) is 10.9. The molecule has 0 fully saturated rings. The Bertz CT molecular complexity index is 874. The smallest absolute Gasteiger partial charge is 0.270 e. The average Bonchev–Trinajstić information content (AvgIpc) is 2.61. The van der Waals surface area contributed by atoms with Crippen LogP contribution in [0.3, 0.4) is 0 Å². The average molecular weight is 337 g/mol. The SMILES string of the molecule is Cc1cccc(C2=CCN(C(=O)c3cc([N+](=O)[O-])ccc3N)CC2)c1. The summed E-state index contributed by atoms with van der Waals surface area (Å²) in [5.41, 5.74) is 9.72. The van der Waals surface area contributed by atoms with E-state index in [0.717, 1.165) is 6.42 Å². The molecule has 128 valence electrons. The van der Waals surface area contributed by atoms with Crippen molar-refractivity contribution in [2.75, 3.05) is 18.8 Å². The molecular formula is C19H19N3O3. The van der Waals surface area contributed by atoms with Gasteiger partial charge in [-0.15, -0.1) is 0 Å². The summed E-state index contributed by atoms with van der Waals surface area (Å²) < 4.78 is 0. The van der Waals surface area contributed by atoms with Gasteiger partial charge in [-0.05, 0) is 30.5 Å². The fraction of sp³-hybridized carbons (Fsp3) is 0.211. The molecule has 1 amide bonds. The maximum atomic E-state index is 12.7. The van der Waals surface area contributed by atoms with Crippen LogP contribution < -0.4 is 5.73 Å². The number of nitrogens with two attached hydrogens (primary N) is 1. The van der Waals surface area contributed by atoms with E-state index in [2.05, 4.69) is 12.1 Å². The van der Waals surface area contributed by atoms with E-state index < -0.39 is 4.92 Å². The number of nitrogen functional groups attached to an aromatic ring is 1. The Balaban J connectivity index is 1.80. The van der Waals surface area contributed by atoms with Crippen molar-refractivity contribution in [2.45, 2.75) is 13.3 Å². The number of amides is 1. The first-order chi connectivity index (χ1) is 12.0. The first kappa shape index (κ1) is 16.7. The van der Waals surface area contributed by atoms with Gasteiger partial charge in [-0.2, -0.15) is 0 Å². The zero-order valence-electron chi connectivity index (χ0n) is 13.9. The molecule has 0 unspecified atom stereocenters. The highest BCUT2D eigenvalue weighted by Crippen LogP contribution is 2.26. The van der Waals surface area contributed by atoms with Crippen molar-refractivity contribution < 1.29 is 9.72 Å². The van der Waals surface area contributed by atoms with E-state index in [0.29, 0.717) is 13.1 Å². The lowest BCUT2D eigenvalue weighted by Crippen LogP contribution is -2.35.